The molecule has 0 bridgehead atoms. The Balaban J connectivity index is -0.0000000133. The van der Waals surface area contributed by atoms with Gasteiger partial charge in [-0.25, -0.2) is 0 Å². The Bertz CT molecular complexity index is 53.8. The minimum Gasteiger partial charge on any atom is -0.480 e. The maximum absolute atomic E-state index is 9.24. The van der Waals surface area contributed by atoms with Crippen LogP contribution in [0.2, 0.25) is 0 Å². The minimum atomic E-state index is -0.968. The average molecular weight is 232 g/mol. The number of hydrogen-bond donors (Lipinski definition) is 2. The topological polar surface area (TPSA) is 126 Å². The van der Waals surface area contributed by atoms with Crippen LogP contribution in [0.4, 0.5) is 0 Å². The van der Waals surface area contributed by atoms with E-state index in [1.807, 2.05) is 0 Å². The average Bonchev–Trinajstić information content (AvgIpc) is 1.38. The number of carboxylic acids is 1. The van der Waals surface area contributed by atoms with E-state index in [-0.39, 0.29) is 61.1 Å². The molecule has 0 rings (SSSR count). The van der Waals surface area contributed by atoms with Crippen molar-refractivity contribution in [1.82, 2.24) is 0 Å². The van der Waals surface area contributed by atoms with Gasteiger partial charge in [0.25, 0.3) is 0 Å². The number of carboxylic acid groups (broad SMARTS) is 1. The molecule has 0 aromatic rings. The van der Waals surface area contributed by atoms with E-state index in [1.165, 1.54) is 0 Å². The first-order valence-corrected chi connectivity index (χ1v) is 1.19. The van der Waals surface area contributed by atoms with E-state index in [2.05, 4.69) is 5.73 Å². The summed E-state index contributed by atoms with van der Waals surface area (Å²) in [5.41, 5.74) is 4.57. The first kappa shape index (κ1) is 33.0. The Labute approximate surface area is 82.5 Å². The summed E-state index contributed by atoms with van der Waals surface area (Å²) in [7, 11) is 0. The molecule has 0 atom stereocenters. The summed E-state index contributed by atoms with van der Waals surface area (Å²) in [6.45, 7) is -0.278. The fourth-order valence-electron chi connectivity index (χ4n) is 0. The SMILES string of the molecule is NCC(=O)O.O.O.[AlH3].[Zr]. The molecular formula is C2H12AlNO4Zr. The van der Waals surface area contributed by atoms with Gasteiger partial charge in [-0.15, -0.1) is 0 Å². The van der Waals surface area contributed by atoms with Gasteiger partial charge in [0, 0.05) is 26.2 Å². The summed E-state index contributed by atoms with van der Waals surface area (Å²) in [5.74, 6) is -0.968. The minimum absolute atomic E-state index is 0. The van der Waals surface area contributed by atoms with Crippen LogP contribution in [-0.4, -0.2) is 45.9 Å². The third kappa shape index (κ3) is 52.5. The van der Waals surface area contributed by atoms with Gasteiger partial charge in [0.2, 0.25) is 0 Å². The van der Waals surface area contributed by atoms with Gasteiger partial charge < -0.3 is 21.8 Å². The van der Waals surface area contributed by atoms with E-state index in [1.54, 1.807) is 0 Å². The van der Waals surface area contributed by atoms with Gasteiger partial charge in [-0.3, -0.25) is 4.79 Å². The summed E-state index contributed by atoms with van der Waals surface area (Å²) in [6.07, 6.45) is 0. The third-order valence-electron chi connectivity index (χ3n) is 0.175. The molecule has 0 amide bonds. The maximum atomic E-state index is 9.24. The molecular weight excluding hydrogens is 220 g/mol. The van der Waals surface area contributed by atoms with Crippen LogP contribution < -0.4 is 5.73 Å². The van der Waals surface area contributed by atoms with Gasteiger partial charge in [0.15, 0.2) is 17.4 Å². The van der Waals surface area contributed by atoms with Gasteiger partial charge in [0.1, 0.15) is 0 Å². The van der Waals surface area contributed by atoms with Crippen molar-refractivity contribution >= 4 is 23.3 Å². The molecule has 0 aromatic heterocycles. The number of carbonyl (C=O) groups is 1. The van der Waals surface area contributed by atoms with Gasteiger partial charge >= 0.3 is 5.97 Å². The first-order chi connectivity index (χ1) is 2.27. The smallest absolute Gasteiger partial charge is 0.317 e. The fourth-order valence-corrected chi connectivity index (χ4v) is 0. The van der Waals surface area contributed by atoms with Crippen LogP contribution in [0.1, 0.15) is 0 Å². The Morgan fingerprint density at radius 1 is 1.44 bits per heavy atom. The molecule has 0 aliphatic rings. The van der Waals surface area contributed by atoms with Gasteiger partial charge in [-0.1, -0.05) is 0 Å². The van der Waals surface area contributed by atoms with Crippen LogP contribution in [0, 0.1) is 0 Å². The number of rotatable bonds is 1. The zero-order valence-corrected chi connectivity index (χ0v) is 6.60. The molecule has 0 aliphatic heterocycles. The molecule has 0 aliphatic carbocycles. The molecule has 0 spiro atoms. The van der Waals surface area contributed by atoms with Crippen molar-refractivity contribution in [2.24, 2.45) is 5.73 Å². The molecule has 0 saturated carbocycles. The molecule has 0 aromatic carbocycles. The van der Waals surface area contributed by atoms with Crippen molar-refractivity contribution in [3.63, 3.8) is 0 Å². The van der Waals surface area contributed by atoms with Crippen molar-refractivity contribution in [3.05, 3.63) is 0 Å². The Hall–Kier alpha value is 0.766. The predicted octanol–water partition coefficient (Wildman–Crippen LogP) is -3.81. The van der Waals surface area contributed by atoms with Crippen molar-refractivity contribution in [3.8, 4) is 0 Å². The second kappa shape index (κ2) is 23.3. The summed E-state index contributed by atoms with van der Waals surface area (Å²) in [6, 6.07) is 0. The third-order valence-corrected chi connectivity index (χ3v) is 0.175. The van der Waals surface area contributed by atoms with Crippen molar-refractivity contribution < 1.29 is 47.1 Å². The summed E-state index contributed by atoms with van der Waals surface area (Å²) < 4.78 is 0. The molecule has 56 valence electrons. The fraction of sp³-hybridized carbons (Fsp3) is 0.500. The number of hydrogen-bond acceptors (Lipinski definition) is 2. The molecule has 0 heterocycles. The number of aliphatic carboxylic acids is 1. The Kier molecular flexibility index (Phi) is 85.4. The van der Waals surface area contributed by atoms with Crippen LogP contribution in [-0.2, 0) is 31.0 Å². The van der Waals surface area contributed by atoms with Crippen LogP contribution in [0.3, 0.4) is 0 Å². The zero-order chi connectivity index (χ0) is 4.28. The second-order valence-corrected chi connectivity index (χ2v) is 0.598. The normalized spacial score (nSPS) is 4.11. The van der Waals surface area contributed by atoms with Gasteiger partial charge in [0.05, 0.1) is 6.54 Å². The Morgan fingerprint density at radius 3 is 1.56 bits per heavy atom. The van der Waals surface area contributed by atoms with E-state index in [0.29, 0.717) is 0 Å². The van der Waals surface area contributed by atoms with Crippen molar-refractivity contribution in [2.75, 3.05) is 6.54 Å². The molecule has 0 radical (unpaired) electrons. The van der Waals surface area contributed by atoms with Crippen LogP contribution in [0.15, 0.2) is 0 Å². The van der Waals surface area contributed by atoms with Crippen molar-refractivity contribution in [2.45, 2.75) is 0 Å². The quantitative estimate of drug-likeness (QED) is 0.450. The van der Waals surface area contributed by atoms with Crippen molar-refractivity contribution in [1.29, 1.82) is 0 Å². The largest absolute Gasteiger partial charge is 0.480 e. The molecule has 9 heavy (non-hydrogen) atoms. The van der Waals surface area contributed by atoms with Crippen LogP contribution in [0.25, 0.3) is 0 Å². The molecule has 7 N–H and O–H groups in total. The zero-order valence-electron chi connectivity index (χ0n) is 4.14. The molecule has 0 saturated heterocycles. The van der Waals surface area contributed by atoms with E-state index in [9.17, 15) is 4.79 Å². The van der Waals surface area contributed by atoms with E-state index >= 15 is 0 Å². The second-order valence-electron chi connectivity index (χ2n) is 0.598. The monoisotopic (exact) mass is 231 g/mol. The maximum Gasteiger partial charge on any atom is 0.317 e. The predicted molar refractivity (Wildman–Crippen MR) is 33.9 cm³/mol. The van der Waals surface area contributed by atoms with E-state index < -0.39 is 5.97 Å². The van der Waals surface area contributed by atoms with E-state index in [4.69, 9.17) is 5.11 Å². The Morgan fingerprint density at radius 2 is 1.56 bits per heavy atom. The molecule has 0 fully saturated rings. The summed E-state index contributed by atoms with van der Waals surface area (Å²) in [5, 5.41) is 7.60. The molecule has 0 unspecified atom stereocenters. The summed E-state index contributed by atoms with van der Waals surface area (Å²) in [4.78, 5) is 9.24. The van der Waals surface area contributed by atoms with E-state index in [0.717, 1.165) is 0 Å². The van der Waals surface area contributed by atoms with Crippen LogP contribution in [0.5, 0.6) is 0 Å². The summed E-state index contributed by atoms with van der Waals surface area (Å²) >= 11 is 0. The number of nitrogens with two attached hydrogens (primary N) is 1. The molecule has 7 heteroatoms. The van der Waals surface area contributed by atoms with Gasteiger partial charge in [-0.2, -0.15) is 0 Å². The molecule has 5 nitrogen and oxygen atoms in total. The first-order valence-electron chi connectivity index (χ1n) is 1.19. The standard InChI is InChI=1S/C2H5NO2.Al.2H2O.Zr.3H/c3-1-2(4)5;;;;;;;/h1,3H2,(H,4,5);;2*1H2;;;;. The van der Waals surface area contributed by atoms with Crippen LogP contribution >= 0.6 is 0 Å². The van der Waals surface area contributed by atoms with Gasteiger partial charge in [-0.05, 0) is 0 Å².